The number of halogens is 1. The normalized spacial score (nSPS) is 12.1. The number of nitrogens with zero attached hydrogens (tertiary/aromatic N) is 2. The molecule has 0 aliphatic rings. The number of carbonyl (C=O) groups is 1. The van der Waals surface area contributed by atoms with Gasteiger partial charge in [-0.2, -0.15) is 0 Å². The van der Waals surface area contributed by atoms with Crippen molar-refractivity contribution in [3.63, 3.8) is 0 Å². The fraction of sp³-hybridized carbons (Fsp3) is 0.167. The van der Waals surface area contributed by atoms with Crippen LogP contribution in [0.2, 0.25) is 0 Å². The number of amides is 1. The van der Waals surface area contributed by atoms with Crippen LogP contribution in [0.5, 0.6) is 0 Å². The van der Waals surface area contributed by atoms with Crippen molar-refractivity contribution in [2.75, 3.05) is 5.32 Å². The van der Waals surface area contributed by atoms with Crippen molar-refractivity contribution in [3.8, 4) is 0 Å². The molecule has 4 nitrogen and oxygen atoms in total. The average molecular weight is 402 g/mol. The zero-order valence-electron chi connectivity index (χ0n) is 13.3. The molecule has 1 amide bonds. The lowest BCUT2D eigenvalue weighted by Crippen LogP contribution is -2.22. The van der Waals surface area contributed by atoms with E-state index in [9.17, 15) is 4.79 Å². The highest BCUT2D eigenvalue weighted by Gasteiger charge is 2.17. The molecule has 0 aliphatic carbocycles. The monoisotopic (exact) mass is 401 g/mol. The summed E-state index contributed by atoms with van der Waals surface area (Å²) >= 11 is 4.85. The SMILES string of the molecule is Cc1nc(S[C@@H](C)C(=O)Nc2cccc(Br)c2)c2ccccc2n1. The molecule has 1 heterocycles. The molecule has 122 valence electrons. The highest BCUT2D eigenvalue weighted by molar-refractivity contribution is 9.10. The van der Waals surface area contributed by atoms with Gasteiger partial charge in [-0.15, -0.1) is 0 Å². The number of fused-ring (bicyclic) bond motifs is 1. The third-order valence-corrected chi connectivity index (χ3v) is 5.03. The molecule has 2 aromatic carbocycles. The number of anilines is 1. The number of hydrogen-bond donors (Lipinski definition) is 1. The van der Waals surface area contributed by atoms with Crippen LogP contribution in [0.4, 0.5) is 5.69 Å². The number of thioether (sulfide) groups is 1. The first-order chi connectivity index (χ1) is 11.5. The number of rotatable bonds is 4. The van der Waals surface area contributed by atoms with Crippen LogP contribution in [0, 0.1) is 6.92 Å². The van der Waals surface area contributed by atoms with Crippen LogP contribution < -0.4 is 5.32 Å². The first kappa shape index (κ1) is 16.9. The smallest absolute Gasteiger partial charge is 0.237 e. The van der Waals surface area contributed by atoms with Crippen molar-refractivity contribution < 1.29 is 4.79 Å². The molecule has 0 spiro atoms. The maximum atomic E-state index is 12.5. The summed E-state index contributed by atoms with van der Waals surface area (Å²) < 4.78 is 0.929. The Hall–Kier alpha value is -1.92. The molecule has 0 fully saturated rings. The molecule has 24 heavy (non-hydrogen) atoms. The Morgan fingerprint density at radius 2 is 1.96 bits per heavy atom. The highest BCUT2D eigenvalue weighted by Crippen LogP contribution is 2.29. The van der Waals surface area contributed by atoms with E-state index in [4.69, 9.17) is 0 Å². The first-order valence-corrected chi connectivity index (χ1v) is 9.16. The molecule has 3 aromatic rings. The van der Waals surface area contributed by atoms with E-state index in [0.29, 0.717) is 5.82 Å². The minimum Gasteiger partial charge on any atom is -0.325 e. The van der Waals surface area contributed by atoms with Gasteiger partial charge in [-0.1, -0.05) is 52.0 Å². The van der Waals surface area contributed by atoms with Crippen LogP contribution >= 0.6 is 27.7 Å². The van der Waals surface area contributed by atoms with Crippen LogP contribution in [-0.2, 0) is 4.79 Å². The third kappa shape index (κ3) is 3.94. The van der Waals surface area contributed by atoms with Gasteiger partial charge in [0.2, 0.25) is 5.91 Å². The Balaban J connectivity index is 1.79. The van der Waals surface area contributed by atoms with Gasteiger partial charge in [0.15, 0.2) is 0 Å². The number of nitrogens with one attached hydrogen (secondary N) is 1. The number of aromatic nitrogens is 2. The second-order valence-corrected chi connectivity index (χ2v) is 7.60. The van der Waals surface area contributed by atoms with E-state index in [0.717, 1.165) is 26.1 Å². The first-order valence-electron chi connectivity index (χ1n) is 7.49. The van der Waals surface area contributed by atoms with E-state index in [2.05, 4.69) is 31.2 Å². The van der Waals surface area contributed by atoms with E-state index in [1.165, 1.54) is 11.8 Å². The molecule has 3 rings (SSSR count). The zero-order valence-corrected chi connectivity index (χ0v) is 15.7. The minimum absolute atomic E-state index is 0.0570. The Morgan fingerprint density at radius 3 is 2.75 bits per heavy atom. The summed E-state index contributed by atoms with van der Waals surface area (Å²) in [4.78, 5) is 21.4. The summed E-state index contributed by atoms with van der Waals surface area (Å²) in [5, 5.41) is 4.45. The average Bonchev–Trinajstić information content (AvgIpc) is 2.54. The zero-order chi connectivity index (χ0) is 17.1. The van der Waals surface area contributed by atoms with Crippen LogP contribution in [0.1, 0.15) is 12.7 Å². The van der Waals surface area contributed by atoms with Crippen LogP contribution in [-0.4, -0.2) is 21.1 Å². The lowest BCUT2D eigenvalue weighted by atomic mass is 10.2. The van der Waals surface area contributed by atoms with Crippen LogP contribution in [0.15, 0.2) is 58.0 Å². The molecule has 0 unspecified atom stereocenters. The molecule has 0 radical (unpaired) electrons. The number of aryl methyl sites for hydroxylation is 1. The fourth-order valence-electron chi connectivity index (χ4n) is 2.28. The Kier molecular flexibility index (Phi) is 5.16. The third-order valence-electron chi connectivity index (χ3n) is 3.43. The van der Waals surface area contributed by atoms with Gasteiger partial charge in [-0.25, -0.2) is 9.97 Å². The number of benzene rings is 2. The van der Waals surface area contributed by atoms with Crippen LogP contribution in [0.3, 0.4) is 0 Å². The summed E-state index contributed by atoms with van der Waals surface area (Å²) in [6.45, 7) is 3.74. The Bertz CT molecular complexity index is 900. The van der Waals surface area contributed by atoms with Gasteiger partial charge < -0.3 is 5.32 Å². The van der Waals surface area contributed by atoms with E-state index in [1.807, 2.05) is 62.4 Å². The lowest BCUT2D eigenvalue weighted by Gasteiger charge is -2.13. The van der Waals surface area contributed by atoms with Gasteiger partial charge in [0, 0.05) is 15.5 Å². The Morgan fingerprint density at radius 1 is 1.17 bits per heavy atom. The van der Waals surface area contributed by atoms with Crippen molar-refractivity contribution in [2.24, 2.45) is 0 Å². The molecule has 0 saturated carbocycles. The molecule has 6 heteroatoms. The summed E-state index contributed by atoms with van der Waals surface area (Å²) in [7, 11) is 0. The maximum absolute atomic E-state index is 12.5. The van der Waals surface area contributed by atoms with Gasteiger partial charge in [0.1, 0.15) is 10.9 Å². The number of carbonyl (C=O) groups excluding carboxylic acids is 1. The van der Waals surface area contributed by atoms with Gasteiger partial charge in [0.25, 0.3) is 0 Å². The summed E-state index contributed by atoms with van der Waals surface area (Å²) in [5.41, 5.74) is 1.66. The van der Waals surface area contributed by atoms with Crippen molar-refractivity contribution in [1.82, 2.24) is 9.97 Å². The quantitative estimate of drug-likeness (QED) is 0.502. The number of hydrogen-bond acceptors (Lipinski definition) is 4. The topological polar surface area (TPSA) is 54.9 Å². The maximum Gasteiger partial charge on any atom is 0.237 e. The van der Waals surface area contributed by atoms with E-state index in [1.54, 1.807) is 0 Å². The van der Waals surface area contributed by atoms with E-state index < -0.39 is 0 Å². The fourth-order valence-corrected chi connectivity index (χ4v) is 3.66. The van der Waals surface area contributed by atoms with Gasteiger partial charge in [0.05, 0.1) is 10.8 Å². The van der Waals surface area contributed by atoms with Crippen molar-refractivity contribution in [1.29, 1.82) is 0 Å². The van der Waals surface area contributed by atoms with Crippen molar-refractivity contribution in [2.45, 2.75) is 24.1 Å². The van der Waals surface area contributed by atoms with Crippen molar-refractivity contribution in [3.05, 3.63) is 58.8 Å². The largest absolute Gasteiger partial charge is 0.325 e. The van der Waals surface area contributed by atoms with Gasteiger partial charge >= 0.3 is 0 Å². The second kappa shape index (κ2) is 7.32. The van der Waals surface area contributed by atoms with Gasteiger partial charge in [-0.3, -0.25) is 4.79 Å². The minimum atomic E-state index is -0.276. The van der Waals surface area contributed by atoms with E-state index in [-0.39, 0.29) is 11.2 Å². The number of para-hydroxylation sites is 1. The molecular weight excluding hydrogens is 386 g/mol. The molecule has 0 bridgehead atoms. The molecule has 0 saturated heterocycles. The molecule has 1 atom stereocenters. The standard InChI is InChI=1S/C18H16BrN3OS/c1-11(17(23)22-14-7-5-6-13(19)10-14)24-18-15-8-3-4-9-16(15)20-12(2)21-18/h3-11H,1-2H3,(H,22,23)/t11-/m0/s1. The molecule has 1 aromatic heterocycles. The second-order valence-electron chi connectivity index (χ2n) is 5.35. The van der Waals surface area contributed by atoms with Crippen molar-refractivity contribution >= 4 is 50.2 Å². The molecular formula is C18H16BrN3OS. The molecule has 1 N–H and O–H groups in total. The van der Waals surface area contributed by atoms with Crippen LogP contribution in [0.25, 0.3) is 10.9 Å². The Labute approximate surface area is 153 Å². The molecule has 0 aliphatic heterocycles. The van der Waals surface area contributed by atoms with Gasteiger partial charge in [-0.05, 0) is 38.1 Å². The summed E-state index contributed by atoms with van der Waals surface area (Å²) in [6, 6.07) is 15.4. The summed E-state index contributed by atoms with van der Waals surface area (Å²) in [6.07, 6.45) is 0. The summed E-state index contributed by atoms with van der Waals surface area (Å²) in [5.74, 6) is 0.647. The highest BCUT2D eigenvalue weighted by atomic mass is 79.9. The predicted octanol–water partition coefficient (Wildman–Crippen LogP) is 4.82. The van der Waals surface area contributed by atoms with E-state index >= 15 is 0 Å². The predicted molar refractivity (Wildman–Crippen MR) is 102 cm³/mol. The lowest BCUT2D eigenvalue weighted by molar-refractivity contribution is -0.115.